The zero-order valence-corrected chi connectivity index (χ0v) is 14.2. The van der Waals surface area contributed by atoms with Gasteiger partial charge < -0.3 is 4.57 Å². The monoisotopic (exact) mass is 316 g/mol. The summed E-state index contributed by atoms with van der Waals surface area (Å²) in [6.07, 6.45) is 1.72. The maximum absolute atomic E-state index is 12.0. The molecule has 1 aliphatic rings. The lowest BCUT2D eigenvalue weighted by atomic mass is 9.92. The minimum atomic E-state index is -0.0493. The lowest BCUT2D eigenvalue weighted by Crippen LogP contribution is -2.49. The van der Waals surface area contributed by atoms with Gasteiger partial charge in [-0.2, -0.15) is 5.10 Å². The fraction of sp³-hybridized carbons (Fsp3) is 0.625. The molecule has 3 heterocycles. The summed E-state index contributed by atoms with van der Waals surface area (Å²) >= 11 is 0. The molecule has 2 aromatic heterocycles. The molecular weight excluding hydrogens is 292 g/mol. The summed E-state index contributed by atoms with van der Waals surface area (Å²) in [6.45, 7) is 9.72. The molecule has 0 N–H and O–H groups in total. The normalized spacial score (nSPS) is 16.5. The van der Waals surface area contributed by atoms with Crippen molar-refractivity contribution in [3.8, 4) is 0 Å². The summed E-state index contributed by atoms with van der Waals surface area (Å²) in [4.78, 5) is 14.3. The van der Waals surface area contributed by atoms with Crippen molar-refractivity contribution < 1.29 is 0 Å². The molecule has 1 saturated heterocycles. The van der Waals surface area contributed by atoms with Crippen LogP contribution < -0.4 is 5.56 Å². The zero-order chi connectivity index (χ0) is 16.6. The van der Waals surface area contributed by atoms with Gasteiger partial charge in [-0.15, -0.1) is 10.2 Å². The third-order valence-electron chi connectivity index (χ3n) is 4.27. The Morgan fingerprint density at radius 1 is 1.26 bits per heavy atom. The van der Waals surface area contributed by atoms with E-state index in [2.05, 4.69) is 41.0 Å². The molecule has 0 atom stereocenters. The van der Waals surface area contributed by atoms with Gasteiger partial charge in [0, 0.05) is 37.5 Å². The number of likely N-dealkylation sites (tertiary alicyclic amines) is 1. The van der Waals surface area contributed by atoms with Gasteiger partial charge in [0.05, 0.1) is 18.8 Å². The van der Waals surface area contributed by atoms with E-state index in [1.165, 1.54) is 0 Å². The van der Waals surface area contributed by atoms with Crippen molar-refractivity contribution >= 4 is 0 Å². The highest BCUT2D eigenvalue weighted by Gasteiger charge is 2.28. The van der Waals surface area contributed by atoms with E-state index in [1.807, 2.05) is 17.7 Å². The van der Waals surface area contributed by atoms with Gasteiger partial charge in [0.2, 0.25) is 0 Å². The van der Waals surface area contributed by atoms with E-state index in [9.17, 15) is 4.79 Å². The molecule has 0 saturated carbocycles. The predicted octanol–water partition coefficient (Wildman–Crippen LogP) is 0.801. The van der Waals surface area contributed by atoms with E-state index in [-0.39, 0.29) is 11.0 Å². The number of rotatable bonds is 4. The fourth-order valence-corrected chi connectivity index (χ4v) is 2.80. The minimum absolute atomic E-state index is 0.0234. The van der Waals surface area contributed by atoms with Crippen LogP contribution in [0.3, 0.4) is 0 Å². The quantitative estimate of drug-likeness (QED) is 0.834. The fourth-order valence-electron chi connectivity index (χ4n) is 2.80. The molecule has 2 aromatic rings. The highest BCUT2D eigenvalue weighted by molar-refractivity contribution is 5.10. The Kier molecular flexibility index (Phi) is 4.06. The minimum Gasteiger partial charge on any atom is -0.320 e. The highest BCUT2D eigenvalue weighted by atomic mass is 16.1. The molecule has 0 amide bonds. The summed E-state index contributed by atoms with van der Waals surface area (Å²) < 4.78 is 3.55. The van der Waals surface area contributed by atoms with Crippen molar-refractivity contribution in [2.24, 2.45) is 13.0 Å². The van der Waals surface area contributed by atoms with Gasteiger partial charge in [-0.25, -0.2) is 4.68 Å². The second kappa shape index (κ2) is 5.88. The van der Waals surface area contributed by atoms with E-state index in [1.54, 1.807) is 17.1 Å². The highest BCUT2D eigenvalue weighted by Crippen LogP contribution is 2.20. The molecule has 3 rings (SSSR count). The molecule has 7 heteroatoms. The van der Waals surface area contributed by atoms with Crippen LogP contribution in [-0.2, 0) is 25.6 Å². The van der Waals surface area contributed by atoms with E-state index >= 15 is 0 Å². The molecule has 7 nitrogen and oxygen atoms in total. The molecule has 0 bridgehead atoms. The molecule has 0 radical (unpaired) electrons. The van der Waals surface area contributed by atoms with E-state index in [4.69, 9.17) is 0 Å². The average Bonchev–Trinajstić information content (AvgIpc) is 2.82. The third kappa shape index (κ3) is 3.50. The van der Waals surface area contributed by atoms with Gasteiger partial charge in [0.1, 0.15) is 12.2 Å². The number of nitrogens with zero attached hydrogens (tertiary/aromatic N) is 6. The van der Waals surface area contributed by atoms with Crippen molar-refractivity contribution in [3.05, 3.63) is 40.3 Å². The number of aryl methyl sites for hydroxylation is 1. The van der Waals surface area contributed by atoms with Crippen LogP contribution in [0, 0.1) is 5.92 Å². The van der Waals surface area contributed by atoms with Crippen molar-refractivity contribution in [1.82, 2.24) is 29.4 Å². The third-order valence-corrected chi connectivity index (χ3v) is 4.27. The van der Waals surface area contributed by atoms with Crippen LogP contribution >= 0.6 is 0 Å². The first-order valence-corrected chi connectivity index (χ1v) is 7.97. The van der Waals surface area contributed by atoms with Crippen LogP contribution in [0.5, 0.6) is 0 Å². The van der Waals surface area contributed by atoms with Crippen LogP contribution in [-0.4, -0.2) is 42.5 Å². The van der Waals surface area contributed by atoms with Gasteiger partial charge in [0.15, 0.2) is 0 Å². The van der Waals surface area contributed by atoms with Crippen molar-refractivity contribution in [1.29, 1.82) is 0 Å². The molecule has 0 spiro atoms. The second-order valence-electron chi connectivity index (χ2n) is 7.41. The average molecular weight is 316 g/mol. The van der Waals surface area contributed by atoms with Crippen LogP contribution in [0.2, 0.25) is 0 Å². The van der Waals surface area contributed by atoms with Crippen LogP contribution in [0.4, 0.5) is 0 Å². The molecule has 0 aliphatic carbocycles. The molecule has 0 unspecified atom stereocenters. The lowest BCUT2D eigenvalue weighted by molar-refractivity contribution is 0.0728. The van der Waals surface area contributed by atoms with E-state index < -0.39 is 0 Å². The van der Waals surface area contributed by atoms with Crippen LogP contribution in [0.25, 0.3) is 0 Å². The molecule has 0 aromatic carbocycles. The molecule has 23 heavy (non-hydrogen) atoms. The van der Waals surface area contributed by atoms with Gasteiger partial charge in [0.25, 0.3) is 5.56 Å². The Labute approximate surface area is 135 Å². The topological polar surface area (TPSA) is 68.8 Å². The van der Waals surface area contributed by atoms with Crippen LogP contribution in [0.1, 0.15) is 32.3 Å². The van der Waals surface area contributed by atoms with Crippen molar-refractivity contribution in [2.75, 3.05) is 13.1 Å². The molecule has 124 valence electrons. The first kappa shape index (κ1) is 15.9. The maximum atomic E-state index is 12.0. The Hall–Kier alpha value is -2.02. The summed E-state index contributed by atoms with van der Waals surface area (Å²) in [5.41, 5.74) is 0.879. The largest absolute Gasteiger partial charge is 0.320 e. The first-order valence-electron chi connectivity index (χ1n) is 7.97. The number of hydrogen-bond acceptors (Lipinski definition) is 5. The Morgan fingerprint density at radius 3 is 2.61 bits per heavy atom. The summed E-state index contributed by atoms with van der Waals surface area (Å²) in [7, 11) is 1.95. The lowest BCUT2D eigenvalue weighted by Gasteiger charge is -2.38. The van der Waals surface area contributed by atoms with Crippen LogP contribution in [0.15, 0.2) is 23.3 Å². The van der Waals surface area contributed by atoms with Gasteiger partial charge in [-0.05, 0) is 6.07 Å². The van der Waals surface area contributed by atoms with E-state index in [0.717, 1.165) is 31.2 Å². The molecule has 1 aliphatic heterocycles. The van der Waals surface area contributed by atoms with Gasteiger partial charge in [-0.1, -0.05) is 20.8 Å². The Balaban J connectivity index is 1.60. The molecular formula is C16H24N6O. The summed E-state index contributed by atoms with van der Waals surface area (Å²) in [5.74, 6) is 1.43. The second-order valence-corrected chi connectivity index (χ2v) is 7.41. The number of aromatic nitrogens is 5. The van der Waals surface area contributed by atoms with E-state index in [0.29, 0.717) is 12.5 Å². The summed E-state index contributed by atoms with van der Waals surface area (Å²) in [5, 5.41) is 12.5. The zero-order valence-electron chi connectivity index (χ0n) is 14.2. The standard InChI is InChI=1S/C16H24N6O/c1-16(2,3)13-5-6-15(23)22(19-13)9-12-7-21(8-12)10-14-18-17-11-20(14)4/h5-6,11-12H,7-10H2,1-4H3. The first-order chi connectivity index (χ1) is 10.8. The number of hydrogen-bond donors (Lipinski definition) is 0. The van der Waals surface area contributed by atoms with Gasteiger partial charge in [-0.3, -0.25) is 9.69 Å². The Morgan fingerprint density at radius 2 is 2.00 bits per heavy atom. The van der Waals surface area contributed by atoms with Crippen molar-refractivity contribution in [2.45, 2.75) is 39.3 Å². The predicted molar refractivity (Wildman–Crippen MR) is 87.0 cm³/mol. The summed E-state index contributed by atoms with van der Waals surface area (Å²) in [6, 6.07) is 3.46. The molecule has 1 fully saturated rings. The van der Waals surface area contributed by atoms with Gasteiger partial charge >= 0.3 is 0 Å². The maximum Gasteiger partial charge on any atom is 0.266 e. The SMILES string of the molecule is Cn1cnnc1CN1CC(Cn2nc(C(C)(C)C)ccc2=O)C1. The smallest absolute Gasteiger partial charge is 0.266 e. The Bertz CT molecular complexity index is 736. The van der Waals surface area contributed by atoms with Crippen molar-refractivity contribution in [3.63, 3.8) is 0 Å².